The smallest absolute Gasteiger partial charge is 0.334 e. The lowest BCUT2D eigenvalue weighted by Gasteiger charge is -2.15. The molecule has 1 aliphatic heterocycles. The second kappa shape index (κ2) is 6.89. The molecule has 0 radical (unpaired) electrons. The Kier molecular flexibility index (Phi) is 4.67. The van der Waals surface area contributed by atoms with Crippen LogP contribution in [0.1, 0.15) is 30.5 Å². The van der Waals surface area contributed by atoms with Gasteiger partial charge in [-0.25, -0.2) is 4.79 Å². The molecule has 1 aliphatic rings. The summed E-state index contributed by atoms with van der Waals surface area (Å²) in [6.45, 7) is 4.55. The van der Waals surface area contributed by atoms with Crippen LogP contribution in [0.15, 0.2) is 54.1 Å². The summed E-state index contributed by atoms with van der Waals surface area (Å²) in [7, 11) is 0. The van der Waals surface area contributed by atoms with Gasteiger partial charge in [0.25, 0.3) is 0 Å². The molecule has 1 heterocycles. The SMILES string of the molecule is CC1=C(c2ccc(OCc3ccccc3)cc2CN)C(C)OC1=O. The number of ether oxygens (including phenoxy) is 2. The molecule has 0 aliphatic carbocycles. The maximum Gasteiger partial charge on any atom is 0.334 e. The van der Waals surface area contributed by atoms with E-state index in [-0.39, 0.29) is 12.1 Å². The van der Waals surface area contributed by atoms with Crippen molar-refractivity contribution in [2.75, 3.05) is 0 Å². The highest BCUT2D eigenvalue weighted by atomic mass is 16.5. The molecule has 4 heteroatoms. The molecule has 0 fully saturated rings. The topological polar surface area (TPSA) is 61.6 Å². The molecule has 0 spiro atoms. The molecule has 1 unspecified atom stereocenters. The van der Waals surface area contributed by atoms with Crippen LogP contribution < -0.4 is 10.5 Å². The first-order valence-corrected chi connectivity index (χ1v) is 8.02. The predicted molar refractivity (Wildman–Crippen MR) is 93.3 cm³/mol. The first-order chi connectivity index (χ1) is 11.6. The van der Waals surface area contributed by atoms with Gasteiger partial charge in [-0.05, 0) is 42.7 Å². The minimum absolute atomic E-state index is 0.251. The van der Waals surface area contributed by atoms with Gasteiger partial charge in [-0.15, -0.1) is 0 Å². The Bertz CT molecular complexity index is 781. The van der Waals surface area contributed by atoms with Crippen LogP contribution in [-0.2, 0) is 22.7 Å². The third-order valence-electron chi connectivity index (χ3n) is 4.24. The number of hydrogen-bond donors (Lipinski definition) is 1. The van der Waals surface area contributed by atoms with E-state index in [2.05, 4.69) is 0 Å². The van der Waals surface area contributed by atoms with E-state index in [4.69, 9.17) is 15.2 Å². The summed E-state index contributed by atoms with van der Waals surface area (Å²) in [6, 6.07) is 15.8. The second-order valence-electron chi connectivity index (χ2n) is 5.88. The standard InChI is InChI=1S/C20H21NO3/c1-13-19(14(2)24-20(13)22)18-9-8-17(10-16(18)11-21)23-12-15-6-4-3-5-7-15/h3-10,14H,11-12,21H2,1-2H3. The van der Waals surface area contributed by atoms with Gasteiger partial charge < -0.3 is 15.2 Å². The van der Waals surface area contributed by atoms with E-state index < -0.39 is 0 Å². The van der Waals surface area contributed by atoms with Crippen molar-refractivity contribution in [3.05, 3.63) is 70.8 Å². The Labute approximate surface area is 141 Å². The van der Waals surface area contributed by atoms with Gasteiger partial charge in [0.05, 0.1) is 0 Å². The fourth-order valence-corrected chi connectivity index (χ4v) is 2.98. The number of cyclic esters (lactones) is 1. The monoisotopic (exact) mass is 323 g/mol. The third kappa shape index (κ3) is 3.19. The molecule has 0 saturated heterocycles. The minimum atomic E-state index is -0.259. The van der Waals surface area contributed by atoms with Crippen LogP contribution in [0, 0.1) is 0 Å². The normalized spacial score (nSPS) is 17.1. The van der Waals surface area contributed by atoms with Gasteiger partial charge in [0.1, 0.15) is 18.5 Å². The Morgan fingerprint density at radius 3 is 2.54 bits per heavy atom. The summed E-state index contributed by atoms with van der Waals surface area (Å²) in [5.74, 6) is 0.504. The largest absolute Gasteiger partial charge is 0.489 e. The number of rotatable bonds is 5. The maximum absolute atomic E-state index is 11.8. The first-order valence-electron chi connectivity index (χ1n) is 8.02. The van der Waals surface area contributed by atoms with Crippen LogP contribution in [0.2, 0.25) is 0 Å². The summed E-state index contributed by atoms with van der Waals surface area (Å²) >= 11 is 0. The second-order valence-corrected chi connectivity index (χ2v) is 5.88. The van der Waals surface area contributed by atoms with Gasteiger partial charge in [0.2, 0.25) is 0 Å². The van der Waals surface area contributed by atoms with Crippen molar-refractivity contribution < 1.29 is 14.3 Å². The fraction of sp³-hybridized carbons (Fsp3) is 0.250. The van der Waals surface area contributed by atoms with Crippen LogP contribution in [0.5, 0.6) is 5.75 Å². The molecule has 2 aromatic carbocycles. The van der Waals surface area contributed by atoms with E-state index in [9.17, 15) is 4.79 Å². The average molecular weight is 323 g/mol. The molecule has 3 rings (SSSR count). The molecule has 0 amide bonds. The molecular weight excluding hydrogens is 302 g/mol. The van der Waals surface area contributed by atoms with E-state index >= 15 is 0 Å². The Balaban J connectivity index is 1.85. The summed E-state index contributed by atoms with van der Waals surface area (Å²) < 4.78 is 11.1. The first kappa shape index (κ1) is 16.3. The number of carbonyl (C=O) groups excluding carboxylic acids is 1. The highest BCUT2D eigenvalue weighted by Gasteiger charge is 2.30. The lowest BCUT2D eigenvalue weighted by atomic mass is 9.93. The Morgan fingerprint density at radius 2 is 1.92 bits per heavy atom. The number of benzene rings is 2. The van der Waals surface area contributed by atoms with Crippen molar-refractivity contribution in [3.8, 4) is 5.75 Å². The van der Waals surface area contributed by atoms with E-state index in [0.29, 0.717) is 18.7 Å². The fourth-order valence-electron chi connectivity index (χ4n) is 2.98. The number of carbonyl (C=O) groups is 1. The van der Waals surface area contributed by atoms with Crippen molar-refractivity contribution in [3.63, 3.8) is 0 Å². The third-order valence-corrected chi connectivity index (χ3v) is 4.24. The molecule has 0 aromatic heterocycles. The molecule has 0 bridgehead atoms. The van der Waals surface area contributed by atoms with Crippen LogP contribution in [0.25, 0.3) is 5.57 Å². The predicted octanol–water partition coefficient (Wildman–Crippen LogP) is 3.44. The van der Waals surface area contributed by atoms with Gasteiger partial charge in [-0.1, -0.05) is 36.4 Å². The molecule has 4 nitrogen and oxygen atoms in total. The quantitative estimate of drug-likeness (QED) is 0.856. The molecular formula is C20H21NO3. The van der Waals surface area contributed by atoms with Gasteiger partial charge in [0.15, 0.2) is 0 Å². The lowest BCUT2D eigenvalue weighted by Crippen LogP contribution is -2.09. The van der Waals surface area contributed by atoms with Crippen molar-refractivity contribution >= 4 is 11.5 Å². The molecule has 124 valence electrons. The van der Waals surface area contributed by atoms with Crippen LogP contribution >= 0.6 is 0 Å². The zero-order valence-electron chi connectivity index (χ0n) is 13.9. The highest BCUT2D eigenvalue weighted by Crippen LogP contribution is 2.34. The van der Waals surface area contributed by atoms with Crippen molar-refractivity contribution in [2.24, 2.45) is 5.73 Å². The van der Waals surface area contributed by atoms with Crippen molar-refractivity contribution in [1.82, 2.24) is 0 Å². The molecule has 1 atom stereocenters. The van der Waals surface area contributed by atoms with Gasteiger partial charge in [0, 0.05) is 17.7 Å². The van der Waals surface area contributed by atoms with Gasteiger partial charge >= 0.3 is 5.97 Å². The van der Waals surface area contributed by atoms with Crippen molar-refractivity contribution in [1.29, 1.82) is 0 Å². The van der Waals surface area contributed by atoms with Gasteiger partial charge in [-0.2, -0.15) is 0 Å². The lowest BCUT2D eigenvalue weighted by molar-refractivity contribution is -0.138. The van der Waals surface area contributed by atoms with E-state index in [0.717, 1.165) is 28.0 Å². The van der Waals surface area contributed by atoms with Gasteiger partial charge in [-0.3, -0.25) is 0 Å². The van der Waals surface area contributed by atoms with E-state index in [1.54, 1.807) is 6.92 Å². The Morgan fingerprint density at radius 1 is 1.17 bits per heavy atom. The minimum Gasteiger partial charge on any atom is -0.489 e. The van der Waals surface area contributed by atoms with Crippen LogP contribution in [-0.4, -0.2) is 12.1 Å². The highest BCUT2D eigenvalue weighted by molar-refractivity contribution is 6.02. The summed E-state index contributed by atoms with van der Waals surface area (Å²) in [6.07, 6.45) is -0.251. The Hall–Kier alpha value is -2.59. The number of nitrogens with two attached hydrogens (primary N) is 1. The average Bonchev–Trinajstić information content (AvgIpc) is 2.86. The molecule has 2 aromatic rings. The van der Waals surface area contributed by atoms with Crippen LogP contribution in [0.3, 0.4) is 0 Å². The zero-order valence-corrected chi connectivity index (χ0v) is 13.9. The van der Waals surface area contributed by atoms with E-state index in [1.165, 1.54) is 0 Å². The van der Waals surface area contributed by atoms with Crippen molar-refractivity contribution in [2.45, 2.75) is 33.1 Å². The summed E-state index contributed by atoms with van der Waals surface area (Å²) in [4.78, 5) is 11.8. The summed E-state index contributed by atoms with van der Waals surface area (Å²) in [5, 5.41) is 0. The van der Waals surface area contributed by atoms with E-state index in [1.807, 2.05) is 55.5 Å². The molecule has 0 saturated carbocycles. The maximum atomic E-state index is 11.8. The molecule has 2 N–H and O–H groups in total. The summed E-state index contributed by atoms with van der Waals surface area (Å²) in [5.41, 5.74) is 10.5. The zero-order chi connectivity index (χ0) is 17.1. The molecule has 24 heavy (non-hydrogen) atoms. The number of hydrogen-bond acceptors (Lipinski definition) is 4. The van der Waals surface area contributed by atoms with Crippen LogP contribution in [0.4, 0.5) is 0 Å². The number of esters is 1.